The smallest absolute Gasteiger partial charge is 0.216 e. The average Bonchev–Trinajstić information content (AvgIpc) is 2.52. The van der Waals surface area contributed by atoms with Gasteiger partial charge in [0, 0.05) is 12.6 Å². The standard InChI is InChI=1S/C17H25F3N2O2S/c1-17(2,3)25(23,24)22-12-6-4-11(5-7-12)10-21-14-9-8-13(18)15(19)16(14)20/h8-9,11-12,21-22H,4-7,10H2,1-3H3/t11-,12-. The van der Waals surface area contributed by atoms with Crippen molar-refractivity contribution in [3.8, 4) is 0 Å². The van der Waals surface area contributed by atoms with Crippen molar-refractivity contribution in [3.63, 3.8) is 0 Å². The molecule has 0 unspecified atom stereocenters. The Hall–Kier alpha value is -1.28. The Morgan fingerprint density at radius 1 is 1.04 bits per heavy atom. The van der Waals surface area contributed by atoms with E-state index in [1.807, 2.05) is 0 Å². The van der Waals surface area contributed by atoms with Gasteiger partial charge in [0.25, 0.3) is 0 Å². The van der Waals surface area contributed by atoms with Gasteiger partial charge >= 0.3 is 0 Å². The van der Waals surface area contributed by atoms with Crippen LogP contribution in [0.4, 0.5) is 18.9 Å². The van der Waals surface area contributed by atoms with E-state index in [4.69, 9.17) is 0 Å². The molecule has 0 amide bonds. The number of anilines is 1. The first-order valence-corrected chi connectivity index (χ1v) is 9.89. The summed E-state index contributed by atoms with van der Waals surface area (Å²) in [5.41, 5.74) is -0.0607. The molecule has 0 saturated heterocycles. The summed E-state index contributed by atoms with van der Waals surface area (Å²) in [6.45, 7) is 5.39. The summed E-state index contributed by atoms with van der Waals surface area (Å²) in [7, 11) is -3.38. The Balaban J connectivity index is 1.84. The van der Waals surface area contributed by atoms with E-state index in [0.717, 1.165) is 18.9 Å². The molecule has 4 nitrogen and oxygen atoms in total. The molecule has 1 aromatic rings. The molecule has 0 atom stereocenters. The van der Waals surface area contributed by atoms with E-state index in [-0.39, 0.29) is 17.6 Å². The highest BCUT2D eigenvalue weighted by molar-refractivity contribution is 7.90. The molecule has 2 rings (SSSR count). The third-order valence-electron chi connectivity index (χ3n) is 4.59. The molecular formula is C17H25F3N2O2S. The molecular weight excluding hydrogens is 353 g/mol. The lowest BCUT2D eigenvalue weighted by Gasteiger charge is -2.31. The molecule has 0 heterocycles. The number of halogens is 3. The molecule has 0 spiro atoms. The summed E-state index contributed by atoms with van der Waals surface area (Å²) in [6.07, 6.45) is 2.94. The quantitative estimate of drug-likeness (QED) is 0.767. The van der Waals surface area contributed by atoms with Crippen molar-refractivity contribution >= 4 is 15.7 Å². The van der Waals surface area contributed by atoms with Crippen molar-refractivity contribution in [1.29, 1.82) is 0 Å². The van der Waals surface area contributed by atoms with E-state index in [0.29, 0.717) is 19.4 Å². The topological polar surface area (TPSA) is 58.2 Å². The van der Waals surface area contributed by atoms with Gasteiger partial charge in [-0.15, -0.1) is 0 Å². The Morgan fingerprint density at radius 3 is 2.20 bits per heavy atom. The van der Waals surface area contributed by atoms with Crippen LogP contribution < -0.4 is 10.0 Å². The molecule has 8 heteroatoms. The van der Waals surface area contributed by atoms with Crippen molar-refractivity contribution in [2.75, 3.05) is 11.9 Å². The van der Waals surface area contributed by atoms with Gasteiger partial charge in [0.05, 0.1) is 10.4 Å². The minimum atomic E-state index is -3.38. The fourth-order valence-corrected chi connectivity index (χ4v) is 3.83. The highest BCUT2D eigenvalue weighted by Crippen LogP contribution is 2.27. The molecule has 0 aliphatic heterocycles. The van der Waals surface area contributed by atoms with Gasteiger partial charge in [-0.2, -0.15) is 0 Å². The first kappa shape index (κ1) is 20.0. The van der Waals surface area contributed by atoms with Crippen LogP contribution in [0.15, 0.2) is 12.1 Å². The maximum atomic E-state index is 13.6. The normalized spacial score (nSPS) is 22.0. The monoisotopic (exact) mass is 378 g/mol. The number of hydrogen-bond donors (Lipinski definition) is 2. The van der Waals surface area contributed by atoms with Crippen molar-refractivity contribution in [1.82, 2.24) is 4.72 Å². The van der Waals surface area contributed by atoms with Crippen LogP contribution in [0.1, 0.15) is 46.5 Å². The van der Waals surface area contributed by atoms with E-state index in [1.54, 1.807) is 20.8 Å². The number of benzene rings is 1. The van der Waals surface area contributed by atoms with Gasteiger partial charge in [0.2, 0.25) is 10.0 Å². The highest BCUT2D eigenvalue weighted by Gasteiger charge is 2.32. The summed E-state index contributed by atoms with van der Waals surface area (Å²) < 4.78 is 66.0. The first-order valence-electron chi connectivity index (χ1n) is 8.40. The minimum Gasteiger partial charge on any atom is -0.382 e. The third-order valence-corrected chi connectivity index (χ3v) is 6.85. The predicted octanol–water partition coefficient (Wildman–Crippen LogP) is 3.79. The van der Waals surface area contributed by atoms with Crippen LogP contribution in [0.3, 0.4) is 0 Å². The van der Waals surface area contributed by atoms with Gasteiger partial charge < -0.3 is 5.32 Å². The summed E-state index contributed by atoms with van der Waals surface area (Å²) in [6, 6.07) is 1.97. The second-order valence-corrected chi connectivity index (χ2v) is 10.0. The zero-order valence-corrected chi connectivity index (χ0v) is 15.5. The number of nitrogens with one attached hydrogen (secondary N) is 2. The van der Waals surface area contributed by atoms with Gasteiger partial charge in [0.15, 0.2) is 17.5 Å². The summed E-state index contributed by atoms with van der Waals surface area (Å²) in [5.74, 6) is -3.69. The number of rotatable bonds is 5. The van der Waals surface area contributed by atoms with Crippen molar-refractivity contribution in [2.24, 2.45) is 5.92 Å². The lowest BCUT2D eigenvalue weighted by molar-refractivity contribution is 0.322. The zero-order chi connectivity index (χ0) is 18.8. The summed E-state index contributed by atoms with van der Waals surface area (Å²) in [4.78, 5) is 0. The Labute approximate surface area is 147 Å². The van der Waals surface area contributed by atoms with Crippen LogP contribution in [0.2, 0.25) is 0 Å². The van der Waals surface area contributed by atoms with Crippen molar-refractivity contribution in [3.05, 3.63) is 29.6 Å². The molecule has 25 heavy (non-hydrogen) atoms. The van der Waals surface area contributed by atoms with Crippen LogP contribution in [-0.2, 0) is 10.0 Å². The summed E-state index contributed by atoms with van der Waals surface area (Å²) in [5, 5.41) is 2.82. The first-order chi connectivity index (χ1) is 11.5. The van der Waals surface area contributed by atoms with E-state index in [1.165, 1.54) is 6.07 Å². The molecule has 1 fully saturated rings. The molecule has 0 bridgehead atoms. The molecule has 1 saturated carbocycles. The maximum absolute atomic E-state index is 13.6. The summed E-state index contributed by atoms with van der Waals surface area (Å²) >= 11 is 0. The largest absolute Gasteiger partial charge is 0.382 e. The van der Waals surface area contributed by atoms with Gasteiger partial charge in [0.1, 0.15) is 0 Å². The lowest BCUT2D eigenvalue weighted by atomic mass is 9.86. The van der Waals surface area contributed by atoms with Gasteiger partial charge in [-0.3, -0.25) is 0 Å². The van der Waals surface area contributed by atoms with Crippen LogP contribution in [0.5, 0.6) is 0 Å². The maximum Gasteiger partial charge on any atom is 0.216 e. The highest BCUT2D eigenvalue weighted by atomic mass is 32.2. The Bertz CT molecular complexity index is 709. The minimum absolute atomic E-state index is 0.0607. The van der Waals surface area contributed by atoms with Crippen LogP contribution in [0.25, 0.3) is 0 Å². The third kappa shape index (κ3) is 4.88. The van der Waals surface area contributed by atoms with E-state index in [9.17, 15) is 21.6 Å². The molecule has 1 aromatic carbocycles. The van der Waals surface area contributed by atoms with Crippen LogP contribution >= 0.6 is 0 Å². The van der Waals surface area contributed by atoms with Gasteiger partial charge in [-0.05, 0) is 64.5 Å². The van der Waals surface area contributed by atoms with Crippen molar-refractivity contribution in [2.45, 2.75) is 57.2 Å². The van der Waals surface area contributed by atoms with Crippen LogP contribution in [0, 0.1) is 23.4 Å². The van der Waals surface area contributed by atoms with Gasteiger partial charge in [-0.1, -0.05) is 0 Å². The fourth-order valence-electron chi connectivity index (χ4n) is 2.80. The lowest BCUT2D eigenvalue weighted by Crippen LogP contribution is -2.46. The Kier molecular flexibility index (Phi) is 6.04. The average molecular weight is 378 g/mol. The second kappa shape index (κ2) is 7.53. The van der Waals surface area contributed by atoms with E-state index < -0.39 is 32.2 Å². The van der Waals surface area contributed by atoms with E-state index in [2.05, 4.69) is 10.0 Å². The number of hydrogen-bond acceptors (Lipinski definition) is 3. The van der Waals surface area contributed by atoms with Crippen LogP contribution in [-0.4, -0.2) is 25.8 Å². The Morgan fingerprint density at radius 2 is 1.64 bits per heavy atom. The SMILES string of the molecule is CC(C)(C)S(=O)(=O)N[C@H]1CC[C@H](CNc2ccc(F)c(F)c2F)CC1. The second-order valence-electron chi connectivity index (χ2n) is 7.56. The zero-order valence-electron chi connectivity index (χ0n) is 14.7. The molecule has 1 aliphatic rings. The molecule has 0 radical (unpaired) electrons. The van der Waals surface area contributed by atoms with Crippen molar-refractivity contribution < 1.29 is 21.6 Å². The fraction of sp³-hybridized carbons (Fsp3) is 0.647. The molecule has 1 aliphatic carbocycles. The molecule has 142 valence electrons. The molecule has 2 N–H and O–H groups in total. The number of sulfonamides is 1. The predicted molar refractivity (Wildman–Crippen MR) is 92.4 cm³/mol. The van der Waals surface area contributed by atoms with E-state index >= 15 is 0 Å². The molecule has 0 aromatic heterocycles. The van der Waals surface area contributed by atoms with Gasteiger partial charge in [-0.25, -0.2) is 26.3 Å².